The second-order valence-electron chi connectivity index (χ2n) is 13.2. The first-order valence-electron chi connectivity index (χ1n) is 16.3. The van der Waals surface area contributed by atoms with Crippen molar-refractivity contribution in [1.82, 2.24) is 4.90 Å². The molecule has 5 nitrogen and oxygen atoms in total. The van der Waals surface area contributed by atoms with Gasteiger partial charge in [-0.3, -0.25) is 4.79 Å². The number of carboxylic acid groups (broad SMARTS) is 1. The van der Waals surface area contributed by atoms with E-state index in [-0.39, 0.29) is 12.5 Å². The van der Waals surface area contributed by atoms with Crippen LogP contribution in [0.25, 0.3) is 11.6 Å². The summed E-state index contributed by atoms with van der Waals surface area (Å²) < 4.78 is 5.82. The summed E-state index contributed by atoms with van der Waals surface area (Å²) in [5, 5.41) is 9.54. The molecule has 0 heterocycles. The van der Waals surface area contributed by atoms with Gasteiger partial charge in [-0.2, -0.15) is 0 Å². The average Bonchev–Trinajstić information content (AvgIpc) is 2.96. The molecule has 4 aliphatic carbocycles. The molecule has 0 saturated heterocycles. The first kappa shape index (κ1) is 30.5. The largest absolute Gasteiger partial charge is 0.478 e. The third kappa shape index (κ3) is 6.51. The van der Waals surface area contributed by atoms with Crippen LogP contribution in [-0.2, 0) is 27.8 Å². The Morgan fingerprint density at radius 3 is 2.21 bits per heavy atom. The molecule has 0 atom stereocenters. The van der Waals surface area contributed by atoms with Gasteiger partial charge < -0.3 is 14.7 Å². The molecular formula is C37H49NO4. The van der Waals surface area contributed by atoms with Gasteiger partial charge in [0.1, 0.15) is 6.61 Å². The van der Waals surface area contributed by atoms with Gasteiger partial charge in [0.05, 0.1) is 5.56 Å². The lowest BCUT2D eigenvalue weighted by Crippen LogP contribution is -2.49. The molecule has 4 fully saturated rings. The van der Waals surface area contributed by atoms with E-state index < -0.39 is 5.97 Å². The Hall–Kier alpha value is -2.92. The Morgan fingerprint density at radius 2 is 1.62 bits per heavy atom. The number of carbonyl (C=O) groups is 2. The van der Waals surface area contributed by atoms with Crippen molar-refractivity contribution in [2.75, 3.05) is 26.3 Å². The van der Waals surface area contributed by atoms with Crippen LogP contribution >= 0.6 is 0 Å². The highest BCUT2D eigenvalue weighted by Gasteiger charge is 2.52. The normalized spacial score (nSPS) is 24.7. The van der Waals surface area contributed by atoms with Crippen LogP contribution in [0.5, 0.6) is 0 Å². The molecule has 0 unspecified atom stereocenters. The van der Waals surface area contributed by atoms with Gasteiger partial charge in [-0.15, -0.1) is 0 Å². The minimum absolute atomic E-state index is 0.0736. The highest BCUT2D eigenvalue weighted by atomic mass is 16.5. The predicted molar refractivity (Wildman–Crippen MR) is 170 cm³/mol. The molecule has 4 saturated carbocycles. The summed E-state index contributed by atoms with van der Waals surface area (Å²) in [4.78, 5) is 25.8. The van der Waals surface area contributed by atoms with Crippen molar-refractivity contribution in [1.29, 1.82) is 0 Å². The summed E-state index contributed by atoms with van der Waals surface area (Å²) in [6, 6.07) is 12.8. The van der Waals surface area contributed by atoms with Crippen LogP contribution in [0.4, 0.5) is 0 Å². The van der Waals surface area contributed by atoms with Crippen LogP contribution in [0.3, 0.4) is 0 Å². The number of hydrogen-bond acceptors (Lipinski definition) is 3. The molecule has 42 heavy (non-hydrogen) atoms. The number of likely N-dealkylation sites (N-methyl/N-ethyl adjacent to an activating group) is 1. The molecule has 0 aromatic heterocycles. The van der Waals surface area contributed by atoms with Crippen LogP contribution in [0.1, 0.15) is 111 Å². The summed E-state index contributed by atoms with van der Waals surface area (Å²) >= 11 is 0. The fourth-order valence-electron chi connectivity index (χ4n) is 8.70. The van der Waals surface area contributed by atoms with Crippen molar-refractivity contribution in [3.05, 3.63) is 69.8 Å². The van der Waals surface area contributed by atoms with Gasteiger partial charge in [0, 0.05) is 19.7 Å². The first-order valence-corrected chi connectivity index (χ1v) is 16.3. The summed E-state index contributed by atoms with van der Waals surface area (Å²) in [6.07, 6.45) is 13.0. The SMILES string of the molecule is CCc1cc(/C=C(\C)c2ccc(CCCOCC(=O)N(CC)CC)c(C34CC5CC(CC(C5)C3)C4)c2)ccc1C(=O)O. The molecule has 0 radical (unpaired) electrons. The second-order valence-corrected chi connectivity index (χ2v) is 13.2. The van der Waals surface area contributed by atoms with E-state index in [9.17, 15) is 14.7 Å². The lowest BCUT2D eigenvalue weighted by Gasteiger charge is -2.57. The number of benzene rings is 2. The Balaban J connectivity index is 1.38. The Bertz CT molecular complexity index is 1290. The molecular weight excluding hydrogens is 522 g/mol. The minimum Gasteiger partial charge on any atom is -0.478 e. The number of amides is 1. The summed E-state index contributed by atoms with van der Waals surface area (Å²) in [5.74, 6) is 1.83. The number of aryl methyl sites for hydroxylation is 2. The number of allylic oxidation sites excluding steroid dienone is 1. The first-order chi connectivity index (χ1) is 20.2. The molecule has 2 aromatic rings. The van der Waals surface area contributed by atoms with Crippen molar-refractivity contribution in [3.8, 4) is 0 Å². The van der Waals surface area contributed by atoms with E-state index in [4.69, 9.17) is 4.74 Å². The molecule has 6 rings (SSSR count). The summed E-state index contributed by atoms with van der Waals surface area (Å²) in [7, 11) is 0. The number of carboxylic acids is 1. The van der Waals surface area contributed by atoms with E-state index in [1.807, 2.05) is 37.8 Å². The summed E-state index contributed by atoms with van der Waals surface area (Å²) in [5.41, 5.74) is 8.07. The standard InChI is InChI=1S/C37H49NO4/c1-5-30-19-26(10-13-33(30)36(40)41)15-25(4)32-12-11-31(9-8-14-42-24-35(39)38(6-2)7-3)34(20-32)37-21-27-16-28(22-37)18-29(17-27)23-37/h10-13,15,19-20,27-29H,5-9,14,16-18,21-24H2,1-4H3,(H,40,41)/b25-15+. The fourth-order valence-corrected chi connectivity index (χ4v) is 8.70. The second kappa shape index (κ2) is 13.2. The topological polar surface area (TPSA) is 66.8 Å². The molecule has 4 bridgehead atoms. The van der Waals surface area contributed by atoms with Crippen LogP contribution in [0.2, 0.25) is 0 Å². The van der Waals surface area contributed by atoms with Gasteiger partial charge in [-0.1, -0.05) is 43.3 Å². The van der Waals surface area contributed by atoms with Gasteiger partial charge >= 0.3 is 5.97 Å². The third-order valence-electron chi connectivity index (χ3n) is 10.4. The van der Waals surface area contributed by atoms with E-state index in [0.717, 1.165) is 54.8 Å². The molecule has 1 amide bonds. The van der Waals surface area contributed by atoms with Crippen LogP contribution < -0.4 is 0 Å². The van der Waals surface area contributed by atoms with Crippen molar-refractivity contribution >= 4 is 23.5 Å². The Morgan fingerprint density at radius 1 is 0.952 bits per heavy atom. The number of nitrogens with zero attached hydrogens (tertiary/aromatic N) is 1. The lowest BCUT2D eigenvalue weighted by molar-refractivity contribution is -0.135. The van der Waals surface area contributed by atoms with Gasteiger partial charge in [0.15, 0.2) is 0 Å². The van der Waals surface area contributed by atoms with Crippen molar-refractivity contribution in [2.24, 2.45) is 17.8 Å². The van der Waals surface area contributed by atoms with Crippen LogP contribution in [-0.4, -0.2) is 48.2 Å². The van der Waals surface area contributed by atoms with Gasteiger partial charge in [-0.05, 0) is 141 Å². The quantitative estimate of drug-likeness (QED) is 0.197. The Labute approximate surface area is 252 Å². The zero-order valence-corrected chi connectivity index (χ0v) is 26.1. The van der Waals surface area contributed by atoms with E-state index >= 15 is 0 Å². The minimum atomic E-state index is -0.865. The highest BCUT2D eigenvalue weighted by Crippen LogP contribution is 2.61. The molecule has 1 N–H and O–H groups in total. The summed E-state index contributed by atoms with van der Waals surface area (Å²) in [6.45, 7) is 10.4. The number of rotatable bonds is 13. The van der Waals surface area contributed by atoms with Crippen LogP contribution in [0.15, 0.2) is 36.4 Å². The zero-order chi connectivity index (χ0) is 29.9. The van der Waals surface area contributed by atoms with Crippen molar-refractivity contribution in [2.45, 2.75) is 90.9 Å². The smallest absolute Gasteiger partial charge is 0.335 e. The number of hydrogen-bond donors (Lipinski definition) is 1. The molecule has 5 heteroatoms. The van der Waals surface area contributed by atoms with Crippen molar-refractivity contribution in [3.63, 3.8) is 0 Å². The monoisotopic (exact) mass is 571 g/mol. The maximum atomic E-state index is 12.3. The maximum absolute atomic E-state index is 12.3. The fraction of sp³-hybridized carbons (Fsp3) is 0.568. The number of aromatic carboxylic acids is 1. The van der Waals surface area contributed by atoms with E-state index in [1.165, 1.54) is 55.2 Å². The van der Waals surface area contributed by atoms with E-state index in [2.05, 4.69) is 31.2 Å². The third-order valence-corrected chi connectivity index (χ3v) is 10.4. The molecule has 4 aliphatic rings. The molecule has 0 aliphatic heterocycles. The maximum Gasteiger partial charge on any atom is 0.335 e. The molecule has 2 aromatic carbocycles. The predicted octanol–water partition coefficient (Wildman–Crippen LogP) is 7.79. The highest BCUT2D eigenvalue weighted by molar-refractivity contribution is 5.90. The van der Waals surface area contributed by atoms with Gasteiger partial charge in [0.2, 0.25) is 5.91 Å². The van der Waals surface area contributed by atoms with E-state index in [0.29, 0.717) is 24.0 Å². The van der Waals surface area contributed by atoms with Crippen molar-refractivity contribution < 1.29 is 19.4 Å². The van der Waals surface area contributed by atoms with E-state index in [1.54, 1.807) is 11.6 Å². The molecule has 226 valence electrons. The number of carbonyl (C=O) groups excluding carboxylic acids is 1. The van der Waals surface area contributed by atoms with Gasteiger partial charge in [0.25, 0.3) is 0 Å². The average molecular weight is 572 g/mol. The Kier molecular flexibility index (Phi) is 9.57. The van der Waals surface area contributed by atoms with Gasteiger partial charge in [-0.25, -0.2) is 4.79 Å². The molecule has 0 spiro atoms. The lowest BCUT2D eigenvalue weighted by atomic mass is 9.47. The van der Waals surface area contributed by atoms with Crippen LogP contribution in [0, 0.1) is 17.8 Å². The zero-order valence-electron chi connectivity index (χ0n) is 26.1. The number of ether oxygens (including phenoxy) is 1.